The number of sulfonamides is 1. The fourth-order valence-electron chi connectivity index (χ4n) is 5.51. The molecule has 3 N–H and O–H groups in total. The van der Waals surface area contributed by atoms with Gasteiger partial charge in [-0.1, -0.05) is 30.3 Å². The summed E-state index contributed by atoms with van der Waals surface area (Å²) in [6, 6.07) is 17.4. The SMILES string of the molecule is CCOCCOc1cc(C)c(-c2cccc3c2CC[C@H]3Oc2ccc(C(CC(=O)O)CS(N)(=O)=O)cc2)c(C)c1. The van der Waals surface area contributed by atoms with Crippen molar-refractivity contribution < 1.29 is 32.5 Å². The van der Waals surface area contributed by atoms with Gasteiger partial charge in [-0.2, -0.15) is 0 Å². The Bertz CT molecular complexity index is 1430. The van der Waals surface area contributed by atoms with Crippen LogP contribution in [-0.4, -0.2) is 45.1 Å². The molecule has 1 unspecified atom stereocenters. The number of ether oxygens (including phenoxy) is 3. The summed E-state index contributed by atoms with van der Waals surface area (Å²) in [5.74, 6) is -0.772. The van der Waals surface area contributed by atoms with Gasteiger partial charge in [-0.05, 0) is 96.8 Å². The molecule has 0 heterocycles. The van der Waals surface area contributed by atoms with Gasteiger partial charge in [-0.3, -0.25) is 4.79 Å². The van der Waals surface area contributed by atoms with Crippen molar-refractivity contribution in [2.75, 3.05) is 25.6 Å². The van der Waals surface area contributed by atoms with E-state index in [2.05, 4.69) is 44.2 Å². The second kappa shape index (κ2) is 12.8. The number of carboxylic acids is 1. The van der Waals surface area contributed by atoms with Crippen molar-refractivity contribution in [3.63, 3.8) is 0 Å². The van der Waals surface area contributed by atoms with Crippen LogP contribution in [0.3, 0.4) is 0 Å². The molecule has 0 saturated carbocycles. The van der Waals surface area contributed by atoms with Gasteiger partial charge in [-0.15, -0.1) is 0 Å². The van der Waals surface area contributed by atoms with Gasteiger partial charge in [0, 0.05) is 12.5 Å². The lowest BCUT2D eigenvalue weighted by Crippen LogP contribution is -2.23. The Morgan fingerprint density at radius 2 is 1.75 bits per heavy atom. The molecule has 4 rings (SSSR count). The Morgan fingerprint density at radius 1 is 1.05 bits per heavy atom. The van der Waals surface area contributed by atoms with Crippen molar-refractivity contribution in [2.24, 2.45) is 5.14 Å². The molecule has 214 valence electrons. The van der Waals surface area contributed by atoms with Crippen molar-refractivity contribution in [1.29, 1.82) is 0 Å². The van der Waals surface area contributed by atoms with Crippen LogP contribution in [0.15, 0.2) is 54.6 Å². The zero-order valence-electron chi connectivity index (χ0n) is 23.2. The van der Waals surface area contributed by atoms with Crippen LogP contribution >= 0.6 is 0 Å². The van der Waals surface area contributed by atoms with Gasteiger partial charge in [-0.25, -0.2) is 13.6 Å². The minimum atomic E-state index is -3.83. The summed E-state index contributed by atoms with van der Waals surface area (Å²) in [5.41, 5.74) is 7.72. The van der Waals surface area contributed by atoms with Gasteiger partial charge in [0.2, 0.25) is 10.0 Å². The molecule has 0 aromatic heterocycles. The highest BCUT2D eigenvalue weighted by molar-refractivity contribution is 7.89. The molecule has 0 bridgehead atoms. The Balaban J connectivity index is 1.52. The number of rotatable bonds is 13. The van der Waals surface area contributed by atoms with Crippen molar-refractivity contribution in [3.05, 3.63) is 82.4 Å². The average molecular weight is 568 g/mol. The molecule has 3 aromatic carbocycles. The third-order valence-electron chi connectivity index (χ3n) is 7.18. The van der Waals surface area contributed by atoms with Crippen LogP contribution < -0.4 is 14.6 Å². The first kappa shape index (κ1) is 29.6. The molecule has 0 fully saturated rings. The van der Waals surface area contributed by atoms with E-state index in [0.29, 0.717) is 31.1 Å². The molecule has 0 radical (unpaired) electrons. The standard InChI is InChI=1S/C31H37NO7S/c1-4-37-14-15-38-25-16-20(2)31(21(3)17-25)28-7-5-6-27-26(28)12-13-29(27)39-24-10-8-22(9-11-24)23(18-30(33)34)19-40(32,35)36/h5-11,16-17,23,29H,4,12-15,18-19H2,1-3H3,(H,33,34)(H2,32,35,36)/t23?,29-/m1/s1. The van der Waals surface area contributed by atoms with E-state index in [4.69, 9.17) is 19.3 Å². The van der Waals surface area contributed by atoms with E-state index in [1.165, 1.54) is 16.7 Å². The molecular weight excluding hydrogens is 530 g/mol. The van der Waals surface area contributed by atoms with Crippen LogP contribution in [0.25, 0.3) is 11.1 Å². The number of fused-ring (bicyclic) bond motifs is 1. The summed E-state index contributed by atoms with van der Waals surface area (Å²) in [4.78, 5) is 11.3. The van der Waals surface area contributed by atoms with E-state index in [0.717, 1.165) is 35.3 Å². The van der Waals surface area contributed by atoms with Gasteiger partial charge in [0.25, 0.3) is 0 Å². The third-order valence-corrected chi connectivity index (χ3v) is 8.04. The van der Waals surface area contributed by atoms with Gasteiger partial charge < -0.3 is 19.3 Å². The van der Waals surface area contributed by atoms with Crippen molar-refractivity contribution in [2.45, 2.75) is 52.1 Å². The predicted molar refractivity (Wildman–Crippen MR) is 154 cm³/mol. The first-order valence-electron chi connectivity index (χ1n) is 13.5. The Kier molecular flexibility index (Phi) is 9.50. The molecule has 2 atom stereocenters. The molecule has 0 saturated heterocycles. The number of primary sulfonamides is 1. The van der Waals surface area contributed by atoms with Gasteiger partial charge in [0.1, 0.15) is 24.2 Å². The van der Waals surface area contributed by atoms with Crippen LogP contribution in [0.2, 0.25) is 0 Å². The second-order valence-corrected chi connectivity index (χ2v) is 11.8. The van der Waals surface area contributed by atoms with E-state index in [1.54, 1.807) is 24.3 Å². The van der Waals surface area contributed by atoms with E-state index >= 15 is 0 Å². The number of benzene rings is 3. The first-order valence-corrected chi connectivity index (χ1v) is 15.2. The summed E-state index contributed by atoms with van der Waals surface area (Å²) in [6.07, 6.45) is 1.27. The fraction of sp³-hybridized carbons (Fsp3) is 0.387. The van der Waals surface area contributed by atoms with Crippen LogP contribution in [0.4, 0.5) is 0 Å². The fourth-order valence-corrected chi connectivity index (χ4v) is 6.39. The van der Waals surface area contributed by atoms with E-state index in [9.17, 15) is 18.3 Å². The average Bonchev–Trinajstić information content (AvgIpc) is 3.29. The largest absolute Gasteiger partial charge is 0.491 e. The van der Waals surface area contributed by atoms with Gasteiger partial charge in [0.15, 0.2) is 0 Å². The molecule has 0 amide bonds. The third kappa shape index (κ3) is 7.41. The number of aliphatic carboxylic acids is 1. The molecule has 1 aliphatic carbocycles. The van der Waals surface area contributed by atoms with Gasteiger partial charge in [0.05, 0.1) is 18.8 Å². The molecular formula is C31H37NO7S. The van der Waals surface area contributed by atoms with Crippen molar-refractivity contribution in [1.82, 2.24) is 0 Å². The van der Waals surface area contributed by atoms with Crippen molar-refractivity contribution >= 4 is 16.0 Å². The number of nitrogens with two attached hydrogens (primary N) is 1. The molecule has 40 heavy (non-hydrogen) atoms. The summed E-state index contributed by atoms with van der Waals surface area (Å²) >= 11 is 0. The van der Waals surface area contributed by atoms with Gasteiger partial charge >= 0.3 is 5.97 Å². The summed E-state index contributed by atoms with van der Waals surface area (Å²) in [5, 5.41) is 14.4. The zero-order valence-corrected chi connectivity index (χ0v) is 24.0. The molecule has 1 aliphatic rings. The Labute approximate surface area is 236 Å². The number of carboxylic acid groups (broad SMARTS) is 1. The normalized spacial score (nSPS) is 15.4. The molecule has 9 heteroatoms. The van der Waals surface area contributed by atoms with E-state index < -0.39 is 27.7 Å². The molecule has 0 aliphatic heterocycles. The topological polar surface area (TPSA) is 125 Å². The number of carbonyl (C=O) groups is 1. The van der Waals surface area contributed by atoms with Crippen molar-refractivity contribution in [3.8, 4) is 22.6 Å². The Hall–Kier alpha value is -3.40. The highest BCUT2D eigenvalue weighted by Gasteiger charge is 2.28. The molecule has 8 nitrogen and oxygen atoms in total. The maximum atomic E-state index is 11.6. The number of hydrogen-bond donors (Lipinski definition) is 2. The predicted octanol–water partition coefficient (Wildman–Crippen LogP) is 5.30. The van der Waals surface area contributed by atoms with Crippen LogP contribution in [0.5, 0.6) is 11.5 Å². The van der Waals surface area contributed by atoms with Crippen LogP contribution in [0, 0.1) is 13.8 Å². The lowest BCUT2D eigenvalue weighted by molar-refractivity contribution is -0.137. The zero-order chi connectivity index (χ0) is 28.9. The molecule has 3 aromatic rings. The highest BCUT2D eigenvalue weighted by atomic mass is 32.2. The number of hydrogen-bond acceptors (Lipinski definition) is 6. The second-order valence-electron chi connectivity index (χ2n) is 10.2. The number of aryl methyl sites for hydroxylation is 2. The minimum absolute atomic E-state index is 0.123. The van der Waals surface area contributed by atoms with Crippen LogP contribution in [0.1, 0.15) is 59.6 Å². The highest BCUT2D eigenvalue weighted by Crippen LogP contribution is 2.42. The summed E-state index contributed by atoms with van der Waals surface area (Å²) in [6.45, 7) is 7.92. The minimum Gasteiger partial charge on any atom is -0.491 e. The lowest BCUT2D eigenvalue weighted by Gasteiger charge is -2.19. The van der Waals surface area contributed by atoms with Crippen LogP contribution in [-0.2, 0) is 26.0 Å². The monoisotopic (exact) mass is 567 g/mol. The Morgan fingerprint density at radius 3 is 2.38 bits per heavy atom. The lowest BCUT2D eigenvalue weighted by atomic mass is 9.90. The van der Waals surface area contributed by atoms with E-state index in [-0.39, 0.29) is 12.5 Å². The summed E-state index contributed by atoms with van der Waals surface area (Å²) in [7, 11) is -3.83. The molecule has 0 spiro atoms. The maximum absolute atomic E-state index is 11.6. The first-order chi connectivity index (χ1) is 19.1. The smallest absolute Gasteiger partial charge is 0.303 e. The summed E-state index contributed by atoms with van der Waals surface area (Å²) < 4.78 is 40.9. The maximum Gasteiger partial charge on any atom is 0.303 e. The van der Waals surface area contributed by atoms with E-state index in [1.807, 2.05) is 6.92 Å². The quantitative estimate of drug-likeness (QED) is 0.269.